The Morgan fingerprint density at radius 2 is 0.733 bits per heavy atom. The van der Waals surface area contributed by atoms with Crippen LogP contribution >= 0.6 is 0 Å². The van der Waals surface area contributed by atoms with Crippen LogP contribution in [0, 0.1) is 0 Å². The molecule has 0 saturated heterocycles. The monoisotopic (exact) mass is 246 g/mol. The molecule has 0 unspecified atom stereocenters. The third kappa shape index (κ3) is 5.32. The quantitative estimate of drug-likeness (QED) is 0.642. The van der Waals surface area contributed by atoms with E-state index in [1.165, 1.54) is 0 Å². The molecule has 0 rings (SSSR count). The van der Waals surface area contributed by atoms with E-state index in [1.807, 2.05) is 0 Å². The maximum absolute atomic E-state index is 6.57. The molecule has 0 aromatic carbocycles. The molecular formula is C12H30OSi2. The summed E-state index contributed by atoms with van der Waals surface area (Å²) < 4.78 is 6.57. The lowest BCUT2D eigenvalue weighted by atomic mass is 10.5. The highest BCUT2D eigenvalue weighted by atomic mass is 28.4. The van der Waals surface area contributed by atoms with Crippen LogP contribution < -0.4 is 0 Å². The van der Waals surface area contributed by atoms with E-state index in [0.717, 1.165) is 22.2 Å². The maximum Gasteiger partial charge on any atom is 0.168 e. The second kappa shape index (κ2) is 6.87. The van der Waals surface area contributed by atoms with Crippen molar-refractivity contribution in [3.05, 3.63) is 0 Å². The summed E-state index contributed by atoms with van der Waals surface area (Å²) in [5, 5.41) is 0. The van der Waals surface area contributed by atoms with Crippen molar-refractivity contribution in [3.63, 3.8) is 0 Å². The van der Waals surface area contributed by atoms with E-state index in [9.17, 15) is 0 Å². The standard InChI is InChI=1S/C12H30OSi2/c1-9(2)14(10(3)4)13-15(11(5)6)12(7)8/h9-12,14-15H,1-8H3. The van der Waals surface area contributed by atoms with Crippen molar-refractivity contribution in [2.24, 2.45) is 0 Å². The predicted molar refractivity (Wildman–Crippen MR) is 75.8 cm³/mol. The van der Waals surface area contributed by atoms with Crippen LogP contribution in [-0.2, 0) is 4.12 Å². The predicted octanol–water partition coefficient (Wildman–Crippen LogP) is 4.09. The first-order valence-electron chi connectivity index (χ1n) is 6.42. The van der Waals surface area contributed by atoms with Crippen LogP contribution in [0.25, 0.3) is 0 Å². The van der Waals surface area contributed by atoms with Gasteiger partial charge in [-0.3, -0.25) is 0 Å². The van der Waals surface area contributed by atoms with Crippen LogP contribution in [-0.4, -0.2) is 18.1 Å². The van der Waals surface area contributed by atoms with Crippen LogP contribution in [0.1, 0.15) is 55.4 Å². The van der Waals surface area contributed by atoms with E-state index in [2.05, 4.69) is 55.4 Å². The zero-order valence-corrected chi connectivity index (χ0v) is 14.2. The Balaban J connectivity index is 4.48. The second-order valence-corrected chi connectivity index (χ2v) is 14.3. The normalized spacial score (nSPS) is 13.2. The van der Waals surface area contributed by atoms with Gasteiger partial charge in [-0.25, -0.2) is 0 Å². The molecule has 0 spiro atoms. The summed E-state index contributed by atoms with van der Waals surface area (Å²) in [4.78, 5) is 0. The second-order valence-electron chi connectivity index (χ2n) is 6.04. The summed E-state index contributed by atoms with van der Waals surface area (Å²) in [7, 11) is -1.98. The Morgan fingerprint density at radius 3 is 0.867 bits per heavy atom. The van der Waals surface area contributed by atoms with Gasteiger partial charge in [0.2, 0.25) is 0 Å². The highest BCUT2D eigenvalue weighted by Crippen LogP contribution is 2.28. The molecule has 0 aliphatic heterocycles. The van der Waals surface area contributed by atoms with Gasteiger partial charge < -0.3 is 4.12 Å². The van der Waals surface area contributed by atoms with Crippen molar-refractivity contribution in [2.75, 3.05) is 0 Å². The molecule has 0 atom stereocenters. The lowest BCUT2D eigenvalue weighted by Crippen LogP contribution is -2.37. The van der Waals surface area contributed by atoms with Gasteiger partial charge in [-0.05, 0) is 22.2 Å². The van der Waals surface area contributed by atoms with E-state index in [1.54, 1.807) is 0 Å². The van der Waals surface area contributed by atoms with Crippen LogP contribution in [0.2, 0.25) is 22.2 Å². The number of hydrogen-bond acceptors (Lipinski definition) is 1. The fourth-order valence-corrected chi connectivity index (χ4v) is 11.9. The molecule has 0 amide bonds. The van der Waals surface area contributed by atoms with E-state index in [4.69, 9.17) is 4.12 Å². The molecule has 0 heterocycles. The van der Waals surface area contributed by atoms with E-state index >= 15 is 0 Å². The number of rotatable bonds is 6. The molecule has 0 radical (unpaired) electrons. The van der Waals surface area contributed by atoms with Gasteiger partial charge in [0.15, 0.2) is 18.1 Å². The molecule has 0 fully saturated rings. The van der Waals surface area contributed by atoms with Crippen molar-refractivity contribution >= 4 is 18.1 Å². The first-order valence-corrected chi connectivity index (χ1v) is 10.0. The Kier molecular flexibility index (Phi) is 7.05. The van der Waals surface area contributed by atoms with Gasteiger partial charge in [0, 0.05) is 0 Å². The van der Waals surface area contributed by atoms with Crippen molar-refractivity contribution in [3.8, 4) is 0 Å². The van der Waals surface area contributed by atoms with Gasteiger partial charge in [-0.15, -0.1) is 0 Å². The van der Waals surface area contributed by atoms with E-state index < -0.39 is 18.1 Å². The Hall–Kier alpha value is 0.394. The summed E-state index contributed by atoms with van der Waals surface area (Å²) in [6.07, 6.45) is 0. The minimum absolute atomic E-state index is 0.775. The molecule has 0 N–H and O–H groups in total. The summed E-state index contributed by atoms with van der Waals surface area (Å²) in [6.45, 7) is 18.7. The maximum atomic E-state index is 6.57. The fourth-order valence-electron chi connectivity index (χ4n) is 2.35. The Morgan fingerprint density at radius 1 is 0.533 bits per heavy atom. The van der Waals surface area contributed by atoms with Crippen molar-refractivity contribution in [2.45, 2.75) is 77.6 Å². The molecule has 0 aliphatic carbocycles. The van der Waals surface area contributed by atoms with Gasteiger partial charge in [0.25, 0.3) is 0 Å². The third-order valence-electron chi connectivity index (χ3n) is 2.94. The van der Waals surface area contributed by atoms with Gasteiger partial charge in [-0.1, -0.05) is 55.4 Å². The smallest absolute Gasteiger partial charge is 0.168 e. The van der Waals surface area contributed by atoms with Crippen LogP contribution in [0.5, 0.6) is 0 Å². The van der Waals surface area contributed by atoms with Gasteiger partial charge in [-0.2, -0.15) is 0 Å². The highest BCUT2D eigenvalue weighted by Gasteiger charge is 2.28. The van der Waals surface area contributed by atoms with Crippen LogP contribution in [0.4, 0.5) is 0 Å². The van der Waals surface area contributed by atoms with Crippen molar-refractivity contribution < 1.29 is 4.12 Å². The molecule has 1 nitrogen and oxygen atoms in total. The van der Waals surface area contributed by atoms with E-state index in [-0.39, 0.29) is 0 Å². The van der Waals surface area contributed by atoms with Crippen molar-refractivity contribution in [1.29, 1.82) is 0 Å². The summed E-state index contributed by atoms with van der Waals surface area (Å²) in [5.74, 6) is 0. The average Bonchev–Trinajstić information content (AvgIpc) is 2.01. The molecule has 0 aliphatic rings. The minimum Gasteiger partial charge on any atom is -0.459 e. The van der Waals surface area contributed by atoms with Gasteiger partial charge in [0.1, 0.15) is 0 Å². The first kappa shape index (κ1) is 15.4. The molecule has 0 saturated carbocycles. The lowest BCUT2D eigenvalue weighted by Gasteiger charge is -2.32. The summed E-state index contributed by atoms with van der Waals surface area (Å²) in [6, 6.07) is 0. The lowest BCUT2D eigenvalue weighted by molar-refractivity contribution is 0.518. The zero-order valence-electron chi connectivity index (χ0n) is 11.9. The summed E-state index contributed by atoms with van der Waals surface area (Å²) >= 11 is 0. The van der Waals surface area contributed by atoms with Gasteiger partial charge in [0.05, 0.1) is 0 Å². The molecule has 92 valence electrons. The largest absolute Gasteiger partial charge is 0.459 e. The molecule has 0 aromatic rings. The van der Waals surface area contributed by atoms with Gasteiger partial charge >= 0.3 is 0 Å². The summed E-state index contributed by atoms with van der Waals surface area (Å²) in [5.41, 5.74) is 3.10. The Bertz CT molecular complexity index is 133. The topological polar surface area (TPSA) is 9.23 Å². The average molecular weight is 247 g/mol. The molecule has 0 bridgehead atoms. The fraction of sp³-hybridized carbons (Fsp3) is 1.00. The first-order chi connectivity index (χ1) is 6.77. The van der Waals surface area contributed by atoms with E-state index in [0.29, 0.717) is 0 Å². The molecule has 3 heteroatoms. The highest BCUT2D eigenvalue weighted by molar-refractivity contribution is 6.69. The Labute approximate surface area is 100 Å². The van der Waals surface area contributed by atoms with Crippen molar-refractivity contribution in [1.82, 2.24) is 0 Å². The number of hydrogen-bond donors (Lipinski definition) is 0. The zero-order chi connectivity index (χ0) is 12.2. The van der Waals surface area contributed by atoms with Crippen LogP contribution in [0.15, 0.2) is 0 Å². The molecule has 15 heavy (non-hydrogen) atoms. The minimum atomic E-state index is -0.989. The SMILES string of the molecule is CC(C)[SiH](O[SiH](C(C)C)C(C)C)C(C)C. The molecular weight excluding hydrogens is 216 g/mol. The third-order valence-corrected chi connectivity index (χ3v) is 10.7. The van der Waals surface area contributed by atoms with Crippen LogP contribution in [0.3, 0.4) is 0 Å². The molecule has 0 aromatic heterocycles.